The highest BCUT2D eigenvalue weighted by Crippen LogP contribution is 2.32. The highest BCUT2D eigenvalue weighted by Gasteiger charge is 2.20. The molecule has 1 aliphatic carbocycles. The fourth-order valence-electron chi connectivity index (χ4n) is 2.68. The second-order valence-corrected chi connectivity index (χ2v) is 5.35. The van der Waals surface area contributed by atoms with E-state index in [4.69, 9.17) is 0 Å². The lowest BCUT2D eigenvalue weighted by molar-refractivity contribution is 0.0836. The molecular weight excluding hydrogens is 240 g/mol. The SMILES string of the molecule is CCc1ncnc2c1ncn2C(O)CCC1CCC1. The molecule has 2 aromatic heterocycles. The number of fused-ring (bicyclic) bond motifs is 1. The van der Waals surface area contributed by atoms with Gasteiger partial charge < -0.3 is 5.11 Å². The molecule has 3 rings (SSSR count). The first-order valence-corrected chi connectivity index (χ1v) is 7.14. The minimum atomic E-state index is -0.523. The molecule has 1 fully saturated rings. The smallest absolute Gasteiger partial charge is 0.165 e. The second-order valence-electron chi connectivity index (χ2n) is 5.35. The van der Waals surface area contributed by atoms with Gasteiger partial charge in [-0.2, -0.15) is 0 Å². The zero-order valence-corrected chi connectivity index (χ0v) is 11.3. The lowest BCUT2D eigenvalue weighted by Crippen LogP contribution is -2.15. The first kappa shape index (κ1) is 12.5. The molecular formula is C14H20N4O. The summed E-state index contributed by atoms with van der Waals surface area (Å²) in [5, 5.41) is 10.3. The highest BCUT2D eigenvalue weighted by molar-refractivity contribution is 5.73. The van der Waals surface area contributed by atoms with Gasteiger partial charge in [-0.05, 0) is 25.2 Å². The summed E-state index contributed by atoms with van der Waals surface area (Å²) in [6.45, 7) is 2.05. The van der Waals surface area contributed by atoms with Crippen LogP contribution >= 0.6 is 0 Å². The van der Waals surface area contributed by atoms with E-state index in [-0.39, 0.29) is 0 Å². The molecule has 0 radical (unpaired) electrons. The average Bonchev–Trinajstić information content (AvgIpc) is 2.80. The van der Waals surface area contributed by atoms with Gasteiger partial charge in [0.15, 0.2) is 5.65 Å². The number of aliphatic hydroxyl groups is 1. The first-order chi connectivity index (χ1) is 9.29. The van der Waals surface area contributed by atoms with Crippen molar-refractivity contribution >= 4 is 11.2 Å². The van der Waals surface area contributed by atoms with E-state index in [1.54, 1.807) is 17.2 Å². The first-order valence-electron chi connectivity index (χ1n) is 7.14. The molecule has 2 heterocycles. The van der Waals surface area contributed by atoms with Crippen molar-refractivity contribution in [2.24, 2.45) is 5.92 Å². The van der Waals surface area contributed by atoms with Crippen LogP contribution in [0.15, 0.2) is 12.7 Å². The van der Waals surface area contributed by atoms with Crippen LogP contribution < -0.4 is 0 Å². The standard InChI is InChI=1S/C14H20N4O/c1-2-11-13-14(16-8-15-11)18(9-17-13)12(19)7-6-10-4-3-5-10/h8-10,12,19H,2-7H2,1H3. The molecule has 0 amide bonds. The van der Waals surface area contributed by atoms with Gasteiger partial charge in [0.1, 0.15) is 18.1 Å². The maximum atomic E-state index is 10.3. The van der Waals surface area contributed by atoms with E-state index in [1.165, 1.54) is 19.3 Å². The molecule has 1 unspecified atom stereocenters. The summed E-state index contributed by atoms with van der Waals surface area (Å²) in [7, 11) is 0. The summed E-state index contributed by atoms with van der Waals surface area (Å²) in [6, 6.07) is 0. The summed E-state index contributed by atoms with van der Waals surface area (Å²) in [5.41, 5.74) is 2.50. The van der Waals surface area contributed by atoms with Crippen LogP contribution in [0, 0.1) is 5.92 Å². The van der Waals surface area contributed by atoms with Crippen LogP contribution in [0.3, 0.4) is 0 Å². The molecule has 1 aliphatic rings. The molecule has 5 nitrogen and oxygen atoms in total. The number of hydrogen-bond acceptors (Lipinski definition) is 4. The molecule has 0 bridgehead atoms. The lowest BCUT2D eigenvalue weighted by Gasteiger charge is -2.26. The van der Waals surface area contributed by atoms with Crippen molar-refractivity contribution < 1.29 is 5.11 Å². The van der Waals surface area contributed by atoms with Crippen LogP contribution in [0.25, 0.3) is 11.2 Å². The van der Waals surface area contributed by atoms with E-state index < -0.39 is 6.23 Å². The normalized spacial score (nSPS) is 17.6. The third-order valence-electron chi connectivity index (χ3n) is 4.15. The van der Waals surface area contributed by atoms with Crippen molar-refractivity contribution in [3.8, 4) is 0 Å². The number of imidazole rings is 1. The monoisotopic (exact) mass is 260 g/mol. The molecule has 2 aromatic rings. The Kier molecular flexibility index (Phi) is 3.46. The summed E-state index contributed by atoms with van der Waals surface area (Å²) in [4.78, 5) is 12.8. The quantitative estimate of drug-likeness (QED) is 0.897. The number of hydrogen-bond donors (Lipinski definition) is 1. The molecule has 0 saturated heterocycles. The Balaban J connectivity index is 1.79. The van der Waals surface area contributed by atoms with E-state index in [2.05, 4.69) is 15.0 Å². The molecule has 19 heavy (non-hydrogen) atoms. The van der Waals surface area contributed by atoms with Gasteiger partial charge in [-0.25, -0.2) is 15.0 Å². The Morgan fingerprint density at radius 3 is 2.89 bits per heavy atom. The van der Waals surface area contributed by atoms with Gasteiger partial charge in [-0.3, -0.25) is 4.57 Å². The fourth-order valence-corrected chi connectivity index (χ4v) is 2.68. The molecule has 5 heteroatoms. The van der Waals surface area contributed by atoms with Gasteiger partial charge >= 0.3 is 0 Å². The number of nitrogens with zero attached hydrogens (tertiary/aromatic N) is 4. The summed E-state index contributed by atoms with van der Waals surface area (Å²) < 4.78 is 1.77. The Labute approximate surface area is 112 Å². The van der Waals surface area contributed by atoms with E-state index in [1.807, 2.05) is 6.92 Å². The lowest BCUT2D eigenvalue weighted by atomic mass is 9.82. The number of aryl methyl sites for hydroxylation is 1. The second kappa shape index (κ2) is 5.25. The van der Waals surface area contributed by atoms with Crippen molar-refractivity contribution in [1.29, 1.82) is 0 Å². The molecule has 0 spiro atoms. The Morgan fingerprint density at radius 2 is 2.21 bits per heavy atom. The highest BCUT2D eigenvalue weighted by atomic mass is 16.3. The van der Waals surface area contributed by atoms with Crippen molar-refractivity contribution in [3.63, 3.8) is 0 Å². The Morgan fingerprint density at radius 1 is 1.37 bits per heavy atom. The minimum Gasteiger partial charge on any atom is -0.373 e. The molecule has 0 aromatic carbocycles. The van der Waals surface area contributed by atoms with Crippen LogP contribution in [0.5, 0.6) is 0 Å². The molecule has 1 atom stereocenters. The molecule has 1 N–H and O–H groups in total. The van der Waals surface area contributed by atoms with Gasteiger partial charge in [0.2, 0.25) is 0 Å². The van der Waals surface area contributed by atoms with Gasteiger partial charge in [0.25, 0.3) is 0 Å². The molecule has 1 saturated carbocycles. The molecule has 102 valence electrons. The van der Waals surface area contributed by atoms with E-state index in [0.29, 0.717) is 0 Å². The Hall–Kier alpha value is -1.49. The van der Waals surface area contributed by atoms with E-state index in [9.17, 15) is 5.11 Å². The predicted molar refractivity (Wildman–Crippen MR) is 72.5 cm³/mol. The van der Waals surface area contributed by atoms with Gasteiger partial charge in [-0.15, -0.1) is 0 Å². The van der Waals surface area contributed by atoms with Crippen LogP contribution in [-0.4, -0.2) is 24.6 Å². The largest absolute Gasteiger partial charge is 0.373 e. The maximum Gasteiger partial charge on any atom is 0.165 e. The van der Waals surface area contributed by atoms with Crippen molar-refractivity contribution in [1.82, 2.24) is 19.5 Å². The zero-order valence-electron chi connectivity index (χ0n) is 11.3. The van der Waals surface area contributed by atoms with Crippen molar-refractivity contribution in [2.45, 2.75) is 51.7 Å². The topological polar surface area (TPSA) is 63.8 Å². The van der Waals surface area contributed by atoms with E-state index in [0.717, 1.165) is 42.0 Å². The minimum absolute atomic E-state index is 0.523. The molecule has 0 aliphatic heterocycles. The van der Waals surface area contributed by atoms with Crippen molar-refractivity contribution in [3.05, 3.63) is 18.3 Å². The van der Waals surface area contributed by atoms with E-state index >= 15 is 0 Å². The van der Waals surface area contributed by atoms with Crippen LogP contribution in [-0.2, 0) is 6.42 Å². The third kappa shape index (κ3) is 2.34. The Bertz CT molecular complexity index is 562. The summed E-state index contributed by atoms with van der Waals surface area (Å²) >= 11 is 0. The third-order valence-corrected chi connectivity index (χ3v) is 4.15. The maximum absolute atomic E-state index is 10.3. The van der Waals surface area contributed by atoms with Crippen molar-refractivity contribution in [2.75, 3.05) is 0 Å². The van der Waals surface area contributed by atoms with Gasteiger partial charge in [0, 0.05) is 0 Å². The predicted octanol–water partition coefficient (Wildman–Crippen LogP) is 2.46. The summed E-state index contributed by atoms with van der Waals surface area (Å²) in [5.74, 6) is 0.810. The number of aliphatic hydroxyl groups excluding tert-OH is 1. The summed E-state index contributed by atoms with van der Waals surface area (Å²) in [6.07, 6.45) is 9.40. The van der Waals surface area contributed by atoms with Gasteiger partial charge in [-0.1, -0.05) is 26.2 Å². The number of rotatable bonds is 5. The van der Waals surface area contributed by atoms with Crippen LogP contribution in [0.1, 0.15) is 50.9 Å². The fraction of sp³-hybridized carbons (Fsp3) is 0.643. The van der Waals surface area contributed by atoms with Gasteiger partial charge in [0.05, 0.1) is 12.0 Å². The van der Waals surface area contributed by atoms with Crippen LogP contribution in [0.4, 0.5) is 0 Å². The average molecular weight is 260 g/mol. The number of aromatic nitrogens is 4. The zero-order chi connectivity index (χ0) is 13.2. The van der Waals surface area contributed by atoms with Crippen LogP contribution in [0.2, 0.25) is 0 Å².